The molecule has 0 saturated heterocycles. The zero-order chi connectivity index (χ0) is 19.4. The van der Waals surface area contributed by atoms with Crippen LogP contribution in [0.1, 0.15) is 18.9 Å². The first-order valence-electron chi connectivity index (χ1n) is 8.79. The number of amides is 1. The Hall–Kier alpha value is -2.70. The largest absolute Gasteiger partial charge is 0.321 e. The Labute approximate surface area is 162 Å². The van der Waals surface area contributed by atoms with E-state index in [0.29, 0.717) is 5.69 Å². The Morgan fingerprint density at radius 2 is 2.00 bits per heavy atom. The van der Waals surface area contributed by atoms with Gasteiger partial charge in [-0.15, -0.1) is 0 Å². The molecule has 0 aliphatic carbocycles. The van der Waals surface area contributed by atoms with Gasteiger partial charge in [-0.1, -0.05) is 41.9 Å². The fraction of sp³-hybridized carbons (Fsp3) is 0.250. The average Bonchev–Trinajstić information content (AvgIpc) is 2.69. The topological polar surface area (TPSA) is 76.7 Å². The van der Waals surface area contributed by atoms with Crippen LogP contribution < -0.4 is 10.2 Å². The Bertz CT molecular complexity index is 883. The summed E-state index contributed by atoms with van der Waals surface area (Å²) in [5.74, 6) is -0.155. The van der Waals surface area contributed by atoms with E-state index in [2.05, 4.69) is 23.5 Å². The molecule has 1 unspecified atom stereocenters. The number of carbonyl (C=O) groups is 1. The molecule has 0 saturated carbocycles. The fourth-order valence-electron chi connectivity index (χ4n) is 3.21. The third-order valence-electron chi connectivity index (χ3n) is 4.90. The maximum Gasteiger partial charge on any atom is 0.282 e. The van der Waals surface area contributed by atoms with Gasteiger partial charge in [0.25, 0.3) is 11.6 Å². The van der Waals surface area contributed by atoms with E-state index in [9.17, 15) is 14.9 Å². The fourth-order valence-corrected chi connectivity index (χ4v) is 3.43. The van der Waals surface area contributed by atoms with Gasteiger partial charge < -0.3 is 10.2 Å². The third kappa shape index (κ3) is 4.53. The summed E-state index contributed by atoms with van der Waals surface area (Å²) in [6.07, 6.45) is 3.10. The van der Waals surface area contributed by atoms with E-state index in [1.54, 1.807) is 0 Å². The van der Waals surface area contributed by atoms with Gasteiger partial charge in [0.1, 0.15) is 0 Å². The molecule has 7 heteroatoms. The van der Waals surface area contributed by atoms with Gasteiger partial charge in [-0.2, -0.15) is 0 Å². The summed E-state index contributed by atoms with van der Waals surface area (Å²) < 4.78 is 0. The molecule has 0 bridgehead atoms. The average molecular weight is 387 g/mol. The Morgan fingerprint density at radius 3 is 2.59 bits per heavy atom. The maximum atomic E-state index is 12.6. The highest BCUT2D eigenvalue weighted by Gasteiger charge is 2.27. The van der Waals surface area contributed by atoms with Crippen LogP contribution in [0.2, 0.25) is 5.02 Å². The van der Waals surface area contributed by atoms with Crippen molar-refractivity contribution in [3.63, 3.8) is 0 Å². The number of anilines is 1. The molecule has 6 nitrogen and oxygen atoms in total. The number of hydrogen-bond acceptors (Lipinski definition) is 3. The van der Waals surface area contributed by atoms with Crippen molar-refractivity contribution in [1.82, 2.24) is 0 Å². The standard InChI is InChI=1S/C20H20ClN3O3/c1-14(20(25)22-19-8-7-17(24(26)27)13-18(19)21)23-11-9-16(10-12-23)15-5-3-2-4-6-15/h2-9,13-14H,10-12H2,1H3,(H,22,25)/p+1/t14-/m0/s1. The lowest BCUT2D eigenvalue weighted by Gasteiger charge is -2.28. The highest BCUT2D eigenvalue weighted by molar-refractivity contribution is 6.34. The summed E-state index contributed by atoms with van der Waals surface area (Å²) in [5.41, 5.74) is 2.82. The molecule has 0 aromatic heterocycles. The maximum absolute atomic E-state index is 12.6. The van der Waals surface area contributed by atoms with Gasteiger partial charge >= 0.3 is 0 Å². The second-order valence-electron chi connectivity index (χ2n) is 6.59. The number of nitrogens with one attached hydrogen (secondary N) is 2. The number of hydrogen-bond donors (Lipinski definition) is 2. The summed E-state index contributed by atoms with van der Waals surface area (Å²) in [7, 11) is 0. The molecule has 0 fully saturated rings. The van der Waals surface area contributed by atoms with E-state index < -0.39 is 4.92 Å². The number of halogens is 1. The van der Waals surface area contributed by atoms with Crippen molar-refractivity contribution in [3.8, 4) is 0 Å². The van der Waals surface area contributed by atoms with Gasteiger partial charge in [0, 0.05) is 18.6 Å². The monoisotopic (exact) mass is 386 g/mol. The Kier molecular flexibility index (Phi) is 5.88. The second-order valence-corrected chi connectivity index (χ2v) is 7.00. The number of benzene rings is 2. The summed E-state index contributed by atoms with van der Waals surface area (Å²) in [6, 6.07) is 14.0. The zero-order valence-electron chi connectivity index (χ0n) is 14.9. The van der Waals surface area contributed by atoms with Crippen LogP contribution in [-0.2, 0) is 4.79 Å². The lowest BCUT2D eigenvalue weighted by molar-refractivity contribution is -0.909. The van der Waals surface area contributed by atoms with Crippen molar-refractivity contribution in [2.75, 3.05) is 18.4 Å². The van der Waals surface area contributed by atoms with Crippen LogP contribution in [0.25, 0.3) is 5.57 Å². The molecule has 0 radical (unpaired) electrons. The quantitative estimate of drug-likeness (QED) is 0.612. The molecule has 1 aliphatic heterocycles. The Balaban J connectivity index is 1.63. The third-order valence-corrected chi connectivity index (χ3v) is 5.21. The first kappa shape index (κ1) is 19.1. The highest BCUT2D eigenvalue weighted by Crippen LogP contribution is 2.26. The van der Waals surface area contributed by atoms with Crippen molar-refractivity contribution in [2.45, 2.75) is 19.4 Å². The number of rotatable bonds is 5. The number of carbonyl (C=O) groups excluding carboxylic acids is 1. The van der Waals surface area contributed by atoms with Crippen molar-refractivity contribution in [3.05, 3.63) is 75.3 Å². The van der Waals surface area contributed by atoms with E-state index in [-0.39, 0.29) is 22.7 Å². The molecule has 2 N–H and O–H groups in total. The van der Waals surface area contributed by atoms with E-state index in [1.807, 2.05) is 25.1 Å². The predicted molar refractivity (Wildman–Crippen MR) is 106 cm³/mol. The lowest BCUT2D eigenvalue weighted by atomic mass is 9.99. The smallest absolute Gasteiger partial charge is 0.282 e. The molecule has 2 aromatic carbocycles. The second kappa shape index (κ2) is 8.33. The number of non-ortho nitro benzene ring substituents is 1. The zero-order valence-corrected chi connectivity index (χ0v) is 15.7. The minimum absolute atomic E-state index is 0.105. The minimum Gasteiger partial charge on any atom is -0.321 e. The van der Waals surface area contributed by atoms with E-state index in [0.717, 1.165) is 19.5 Å². The molecule has 27 heavy (non-hydrogen) atoms. The predicted octanol–water partition coefficient (Wildman–Crippen LogP) is 2.95. The molecule has 2 aromatic rings. The van der Waals surface area contributed by atoms with Crippen LogP contribution >= 0.6 is 11.6 Å². The number of nitro benzene ring substituents is 1. The molecular formula is C20H21ClN3O3+. The first-order chi connectivity index (χ1) is 13.0. The van der Waals surface area contributed by atoms with Crippen LogP contribution in [0, 0.1) is 10.1 Å². The van der Waals surface area contributed by atoms with Crippen LogP contribution in [0.5, 0.6) is 0 Å². The summed E-state index contributed by atoms with van der Waals surface area (Å²) in [6.45, 7) is 3.52. The Morgan fingerprint density at radius 1 is 1.26 bits per heavy atom. The summed E-state index contributed by atoms with van der Waals surface area (Å²) in [5, 5.41) is 13.7. The summed E-state index contributed by atoms with van der Waals surface area (Å²) in [4.78, 5) is 24.0. The SMILES string of the molecule is C[C@@H](C(=O)Nc1ccc([N+](=O)[O-])cc1Cl)[NH+]1CC=C(c2ccccc2)CC1. The van der Waals surface area contributed by atoms with Crippen molar-refractivity contribution < 1.29 is 14.6 Å². The van der Waals surface area contributed by atoms with E-state index >= 15 is 0 Å². The lowest BCUT2D eigenvalue weighted by Crippen LogP contribution is -3.17. The molecular weight excluding hydrogens is 366 g/mol. The van der Waals surface area contributed by atoms with Gasteiger partial charge in [-0.25, -0.2) is 0 Å². The van der Waals surface area contributed by atoms with Crippen molar-refractivity contribution in [2.24, 2.45) is 0 Å². The molecule has 0 spiro atoms. The molecule has 1 amide bonds. The van der Waals surface area contributed by atoms with Crippen LogP contribution in [0.3, 0.4) is 0 Å². The van der Waals surface area contributed by atoms with Gasteiger partial charge in [-0.3, -0.25) is 14.9 Å². The van der Waals surface area contributed by atoms with Crippen LogP contribution in [0.15, 0.2) is 54.6 Å². The van der Waals surface area contributed by atoms with Gasteiger partial charge in [0.15, 0.2) is 6.04 Å². The first-order valence-corrected chi connectivity index (χ1v) is 9.17. The van der Waals surface area contributed by atoms with Crippen LogP contribution in [0.4, 0.5) is 11.4 Å². The number of nitro groups is 1. The van der Waals surface area contributed by atoms with Crippen molar-refractivity contribution in [1.29, 1.82) is 0 Å². The molecule has 1 aliphatic rings. The van der Waals surface area contributed by atoms with Gasteiger partial charge in [0.05, 0.1) is 28.7 Å². The van der Waals surface area contributed by atoms with Gasteiger partial charge in [0.2, 0.25) is 0 Å². The van der Waals surface area contributed by atoms with E-state index in [1.165, 1.54) is 34.2 Å². The minimum atomic E-state index is -0.519. The van der Waals surface area contributed by atoms with Gasteiger partial charge in [-0.05, 0) is 30.2 Å². The van der Waals surface area contributed by atoms with Crippen LogP contribution in [-0.4, -0.2) is 30.0 Å². The van der Waals surface area contributed by atoms with E-state index in [4.69, 9.17) is 11.6 Å². The highest BCUT2D eigenvalue weighted by atomic mass is 35.5. The van der Waals surface area contributed by atoms with Crippen molar-refractivity contribution >= 4 is 34.5 Å². The molecule has 140 valence electrons. The number of quaternary nitrogens is 1. The molecule has 2 atom stereocenters. The summed E-state index contributed by atoms with van der Waals surface area (Å²) >= 11 is 6.06. The molecule has 1 heterocycles. The normalized spacial score (nSPS) is 17.7. The molecule has 3 rings (SSSR count). The number of nitrogens with zero attached hydrogens (tertiary/aromatic N) is 1.